The number of carbonyl (C=O) groups excluding carboxylic acids is 1. The van der Waals surface area contributed by atoms with E-state index in [0.29, 0.717) is 12.1 Å². The summed E-state index contributed by atoms with van der Waals surface area (Å²) in [5, 5.41) is 3.23. The number of fused-ring (bicyclic) bond motifs is 4. The first kappa shape index (κ1) is 12.7. The van der Waals surface area contributed by atoms with E-state index < -0.39 is 0 Å². The average molecular weight is 258 g/mol. The molecule has 2 saturated heterocycles. The zero-order valence-corrected chi connectivity index (χ0v) is 11.5. The first-order valence-corrected chi connectivity index (χ1v) is 7.28. The predicted octanol–water partition coefficient (Wildman–Crippen LogP) is 2.29. The Kier molecular flexibility index (Phi) is 3.56. The van der Waals surface area contributed by atoms with Crippen molar-refractivity contribution in [3.8, 4) is 0 Å². The number of nitrogens with zero attached hydrogens (tertiary/aromatic N) is 1. The van der Waals surface area contributed by atoms with Crippen molar-refractivity contribution in [3.63, 3.8) is 0 Å². The van der Waals surface area contributed by atoms with Crippen molar-refractivity contribution in [2.24, 2.45) is 5.92 Å². The summed E-state index contributed by atoms with van der Waals surface area (Å²) < 4.78 is 0. The Morgan fingerprint density at radius 2 is 2.00 bits per heavy atom. The van der Waals surface area contributed by atoms with Crippen molar-refractivity contribution < 1.29 is 4.79 Å². The van der Waals surface area contributed by atoms with E-state index in [4.69, 9.17) is 0 Å². The Bertz CT molecular complexity index is 445. The predicted molar refractivity (Wildman–Crippen MR) is 76.1 cm³/mol. The molecule has 1 amide bonds. The van der Waals surface area contributed by atoms with Gasteiger partial charge < -0.3 is 10.2 Å². The van der Waals surface area contributed by atoms with E-state index in [1.54, 1.807) is 0 Å². The number of piperidine rings is 1. The molecule has 1 saturated carbocycles. The van der Waals surface area contributed by atoms with Crippen LogP contribution in [0.25, 0.3) is 0 Å². The molecule has 3 nitrogen and oxygen atoms in total. The monoisotopic (exact) mass is 258 g/mol. The normalized spacial score (nSPS) is 30.9. The van der Waals surface area contributed by atoms with Crippen molar-refractivity contribution in [1.29, 1.82) is 0 Å². The third-order valence-corrected chi connectivity index (χ3v) is 4.62. The standard InChI is InChI=1S/C16H22N2O/c1-18-11-12-7-8-15(18)10-14(9-12)17-16(19)13-5-3-2-4-6-13/h2-6,12,14-15H,7-11H2,1H3,(H,17,19)/t12-,14+,15+/m0/s1. The fraction of sp³-hybridized carbons (Fsp3) is 0.562. The van der Waals surface area contributed by atoms with Gasteiger partial charge in [0.05, 0.1) is 0 Å². The van der Waals surface area contributed by atoms with Gasteiger partial charge >= 0.3 is 0 Å². The molecule has 2 aliphatic heterocycles. The highest BCUT2D eigenvalue weighted by molar-refractivity contribution is 5.94. The van der Waals surface area contributed by atoms with Crippen molar-refractivity contribution in [3.05, 3.63) is 35.9 Å². The van der Waals surface area contributed by atoms with Crippen LogP contribution < -0.4 is 5.32 Å². The summed E-state index contributed by atoms with van der Waals surface area (Å²) in [5.74, 6) is 0.833. The fourth-order valence-corrected chi connectivity index (χ4v) is 3.59. The largest absolute Gasteiger partial charge is 0.349 e. The van der Waals surface area contributed by atoms with Crippen molar-refractivity contribution >= 4 is 5.91 Å². The number of benzene rings is 1. The Balaban J connectivity index is 1.66. The van der Waals surface area contributed by atoms with Crippen LogP contribution in [-0.4, -0.2) is 36.5 Å². The number of nitrogens with one attached hydrogen (secondary N) is 1. The number of amides is 1. The first-order valence-electron chi connectivity index (χ1n) is 7.28. The van der Waals surface area contributed by atoms with Gasteiger partial charge in [-0.2, -0.15) is 0 Å². The van der Waals surface area contributed by atoms with Gasteiger partial charge in [-0.3, -0.25) is 4.79 Å². The Labute approximate surface area is 115 Å². The van der Waals surface area contributed by atoms with E-state index in [0.717, 1.165) is 24.3 Å². The number of hydrogen-bond acceptors (Lipinski definition) is 2. The molecule has 1 aliphatic carbocycles. The Morgan fingerprint density at radius 1 is 1.21 bits per heavy atom. The van der Waals surface area contributed by atoms with Crippen LogP contribution >= 0.6 is 0 Å². The Hall–Kier alpha value is -1.35. The van der Waals surface area contributed by atoms with Crippen LogP contribution in [0.4, 0.5) is 0 Å². The molecule has 0 radical (unpaired) electrons. The van der Waals surface area contributed by atoms with E-state index in [1.807, 2.05) is 30.3 Å². The molecule has 1 N–H and O–H groups in total. The van der Waals surface area contributed by atoms with Crippen molar-refractivity contribution in [2.75, 3.05) is 13.6 Å². The molecule has 3 fully saturated rings. The van der Waals surface area contributed by atoms with Gasteiger partial charge in [0.1, 0.15) is 0 Å². The van der Waals surface area contributed by atoms with E-state index in [1.165, 1.54) is 19.4 Å². The molecule has 1 aromatic carbocycles. The molecular weight excluding hydrogens is 236 g/mol. The highest BCUT2D eigenvalue weighted by atomic mass is 16.1. The van der Waals surface area contributed by atoms with Gasteiger partial charge in [0.2, 0.25) is 0 Å². The summed E-state index contributed by atoms with van der Waals surface area (Å²) in [4.78, 5) is 14.7. The molecule has 3 atom stereocenters. The van der Waals surface area contributed by atoms with Crippen LogP contribution in [0, 0.1) is 5.92 Å². The van der Waals surface area contributed by atoms with Gasteiger partial charge in [0.15, 0.2) is 0 Å². The zero-order chi connectivity index (χ0) is 13.2. The van der Waals surface area contributed by atoms with E-state index in [9.17, 15) is 4.79 Å². The van der Waals surface area contributed by atoms with Crippen LogP contribution in [0.2, 0.25) is 0 Å². The van der Waals surface area contributed by atoms with E-state index in [2.05, 4.69) is 17.3 Å². The van der Waals surface area contributed by atoms with Gasteiger partial charge in [-0.25, -0.2) is 0 Å². The molecule has 2 heterocycles. The smallest absolute Gasteiger partial charge is 0.251 e. The molecule has 19 heavy (non-hydrogen) atoms. The van der Waals surface area contributed by atoms with E-state index in [-0.39, 0.29) is 5.91 Å². The summed E-state index contributed by atoms with van der Waals surface area (Å²) >= 11 is 0. The summed E-state index contributed by atoms with van der Waals surface area (Å²) in [6.07, 6.45) is 4.86. The maximum atomic E-state index is 12.2. The fourth-order valence-electron chi connectivity index (χ4n) is 3.59. The second kappa shape index (κ2) is 5.33. The van der Waals surface area contributed by atoms with Crippen LogP contribution in [0.15, 0.2) is 30.3 Å². The molecule has 0 spiro atoms. The third-order valence-electron chi connectivity index (χ3n) is 4.62. The summed E-state index contributed by atoms with van der Waals surface area (Å²) in [5.41, 5.74) is 0.771. The third kappa shape index (κ3) is 2.81. The lowest BCUT2D eigenvalue weighted by Gasteiger charge is -2.33. The number of carbonyl (C=O) groups is 1. The van der Waals surface area contributed by atoms with Gasteiger partial charge in [0, 0.05) is 24.2 Å². The molecule has 4 rings (SSSR count). The lowest BCUT2D eigenvalue weighted by atomic mass is 9.95. The first-order chi connectivity index (χ1) is 9.22. The average Bonchev–Trinajstić information content (AvgIpc) is 2.70. The Morgan fingerprint density at radius 3 is 2.74 bits per heavy atom. The van der Waals surface area contributed by atoms with Crippen LogP contribution in [0.3, 0.4) is 0 Å². The number of hydrogen-bond donors (Lipinski definition) is 1. The number of rotatable bonds is 2. The summed E-state index contributed by atoms with van der Waals surface area (Å²) in [7, 11) is 2.22. The zero-order valence-electron chi connectivity index (χ0n) is 11.5. The second-order valence-electron chi connectivity index (χ2n) is 6.04. The quantitative estimate of drug-likeness (QED) is 0.882. The van der Waals surface area contributed by atoms with Gasteiger partial charge in [0.25, 0.3) is 5.91 Å². The van der Waals surface area contributed by atoms with Crippen LogP contribution in [0.5, 0.6) is 0 Å². The minimum absolute atomic E-state index is 0.0783. The summed E-state index contributed by atoms with van der Waals surface area (Å²) in [6, 6.07) is 10.5. The van der Waals surface area contributed by atoms with Crippen molar-refractivity contribution in [2.45, 2.75) is 37.8 Å². The minimum Gasteiger partial charge on any atom is -0.349 e. The van der Waals surface area contributed by atoms with Gasteiger partial charge in [-0.1, -0.05) is 18.2 Å². The molecule has 0 aromatic heterocycles. The van der Waals surface area contributed by atoms with Gasteiger partial charge in [-0.15, -0.1) is 0 Å². The van der Waals surface area contributed by atoms with Gasteiger partial charge in [-0.05, 0) is 50.8 Å². The molecule has 3 heteroatoms. The molecule has 3 aliphatic rings. The molecule has 2 bridgehead atoms. The van der Waals surface area contributed by atoms with Crippen LogP contribution in [-0.2, 0) is 0 Å². The molecule has 102 valence electrons. The SMILES string of the molecule is CN1C[C@H]2CC[C@@H]1C[C@H](NC(=O)c1ccccc1)C2. The molecule has 1 aromatic rings. The lowest BCUT2D eigenvalue weighted by molar-refractivity contribution is 0.0930. The molecular formula is C16H22N2O. The maximum absolute atomic E-state index is 12.2. The lowest BCUT2D eigenvalue weighted by Crippen LogP contribution is -2.39. The maximum Gasteiger partial charge on any atom is 0.251 e. The summed E-state index contributed by atoms with van der Waals surface area (Å²) in [6.45, 7) is 1.20. The highest BCUT2D eigenvalue weighted by Gasteiger charge is 2.34. The topological polar surface area (TPSA) is 32.3 Å². The van der Waals surface area contributed by atoms with Crippen LogP contribution in [0.1, 0.15) is 36.0 Å². The van der Waals surface area contributed by atoms with Crippen molar-refractivity contribution in [1.82, 2.24) is 10.2 Å². The minimum atomic E-state index is 0.0783. The highest BCUT2D eigenvalue weighted by Crippen LogP contribution is 2.32. The van der Waals surface area contributed by atoms with E-state index >= 15 is 0 Å². The molecule has 0 unspecified atom stereocenters. The second-order valence-corrected chi connectivity index (χ2v) is 6.04.